The zero-order valence-corrected chi connectivity index (χ0v) is 14.0. The summed E-state index contributed by atoms with van der Waals surface area (Å²) in [6.07, 6.45) is 7.58. The molecule has 0 unspecified atom stereocenters. The third kappa shape index (κ3) is 2.62. The SMILES string of the molecule is Cn1cncc1CN1CC[C@@]2(CCC[C@H]2C(=O)N2CC(F)(F)C2)C1. The number of aromatic nitrogens is 2. The van der Waals surface area contributed by atoms with Crippen LogP contribution < -0.4 is 0 Å². The third-order valence-electron chi connectivity index (χ3n) is 6.13. The molecule has 24 heavy (non-hydrogen) atoms. The quantitative estimate of drug-likeness (QED) is 0.845. The van der Waals surface area contributed by atoms with Crippen LogP contribution in [0.15, 0.2) is 12.5 Å². The first-order valence-corrected chi connectivity index (χ1v) is 8.73. The van der Waals surface area contributed by atoms with Gasteiger partial charge < -0.3 is 9.47 Å². The van der Waals surface area contributed by atoms with Crippen LogP contribution in [0.25, 0.3) is 0 Å². The molecule has 132 valence electrons. The normalized spacial score (nSPS) is 32.5. The van der Waals surface area contributed by atoms with E-state index in [-0.39, 0.29) is 17.2 Å². The number of hydrogen-bond donors (Lipinski definition) is 0. The van der Waals surface area contributed by atoms with E-state index in [2.05, 4.69) is 9.88 Å². The minimum absolute atomic E-state index is 0.0133. The molecule has 3 aliphatic rings. The average Bonchev–Trinajstić information content (AvgIpc) is 3.20. The van der Waals surface area contributed by atoms with Gasteiger partial charge in [0, 0.05) is 32.3 Å². The number of halogens is 2. The van der Waals surface area contributed by atoms with Gasteiger partial charge in [-0.1, -0.05) is 6.42 Å². The second-order valence-corrected chi connectivity index (χ2v) is 7.81. The van der Waals surface area contributed by atoms with Crippen LogP contribution in [-0.4, -0.2) is 57.4 Å². The van der Waals surface area contributed by atoms with Gasteiger partial charge in [-0.2, -0.15) is 0 Å². The fraction of sp³-hybridized carbons (Fsp3) is 0.765. The Morgan fingerprint density at radius 3 is 2.79 bits per heavy atom. The van der Waals surface area contributed by atoms with E-state index < -0.39 is 19.0 Å². The van der Waals surface area contributed by atoms with E-state index in [0.29, 0.717) is 0 Å². The molecule has 5 nitrogen and oxygen atoms in total. The Morgan fingerprint density at radius 2 is 2.12 bits per heavy atom. The van der Waals surface area contributed by atoms with Crippen LogP contribution in [0.1, 0.15) is 31.4 Å². The highest BCUT2D eigenvalue weighted by Gasteiger charge is 2.55. The third-order valence-corrected chi connectivity index (χ3v) is 6.13. The number of nitrogens with zero attached hydrogens (tertiary/aromatic N) is 4. The van der Waals surface area contributed by atoms with E-state index in [1.165, 1.54) is 4.90 Å². The Hall–Kier alpha value is -1.50. The maximum atomic E-state index is 13.1. The maximum absolute atomic E-state index is 13.1. The molecule has 0 aromatic carbocycles. The van der Waals surface area contributed by atoms with Gasteiger partial charge in [0.25, 0.3) is 5.92 Å². The zero-order valence-electron chi connectivity index (χ0n) is 14.0. The van der Waals surface area contributed by atoms with Crippen molar-refractivity contribution < 1.29 is 13.6 Å². The number of carbonyl (C=O) groups excluding carboxylic acids is 1. The van der Waals surface area contributed by atoms with E-state index in [9.17, 15) is 13.6 Å². The number of likely N-dealkylation sites (tertiary alicyclic amines) is 2. The van der Waals surface area contributed by atoms with Crippen molar-refractivity contribution in [3.63, 3.8) is 0 Å². The second-order valence-electron chi connectivity index (χ2n) is 7.81. The van der Waals surface area contributed by atoms with Crippen LogP contribution >= 0.6 is 0 Å². The Balaban J connectivity index is 1.43. The summed E-state index contributed by atoms with van der Waals surface area (Å²) in [6.45, 7) is 1.90. The molecule has 2 aliphatic heterocycles. The lowest BCUT2D eigenvalue weighted by molar-refractivity contribution is -0.172. The number of aryl methyl sites for hydroxylation is 1. The molecule has 2 atom stereocenters. The Bertz CT molecular complexity index is 638. The summed E-state index contributed by atoms with van der Waals surface area (Å²) in [7, 11) is 1.99. The van der Waals surface area contributed by atoms with Gasteiger partial charge in [0.15, 0.2) is 0 Å². The molecule has 1 aromatic rings. The standard InChI is InChI=1S/C17H24F2N4O/c1-21-12-20-7-13(21)8-22-6-5-16(9-22)4-2-3-14(16)15(24)23-10-17(18,19)11-23/h7,12,14H,2-6,8-11H2,1H3/t14-,16-/m0/s1. The number of rotatable bonds is 3. The van der Waals surface area contributed by atoms with Gasteiger partial charge in [0.05, 0.1) is 25.1 Å². The summed E-state index contributed by atoms with van der Waals surface area (Å²) in [5.74, 6) is -2.80. The van der Waals surface area contributed by atoms with Crippen molar-refractivity contribution in [2.45, 2.75) is 38.2 Å². The Labute approximate surface area is 140 Å². The molecular formula is C17H24F2N4O. The molecule has 1 saturated carbocycles. The van der Waals surface area contributed by atoms with E-state index in [1.807, 2.05) is 17.8 Å². The zero-order chi connectivity index (χ0) is 16.9. The van der Waals surface area contributed by atoms with Crippen molar-refractivity contribution in [2.24, 2.45) is 18.4 Å². The van der Waals surface area contributed by atoms with Crippen molar-refractivity contribution in [1.82, 2.24) is 19.4 Å². The fourth-order valence-electron chi connectivity index (χ4n) is 4.79. The topological polar surface area (TPSA) is 41.4 Å². The first kappa shape index (κ1) is 16.0. The lowest BCUT2D eigenvalue weighted by Crippen LogP contribution is -2.60. The molecule has 3 fully saturated rings. The highest BCUT2D eigenvalue weighted by atomic mass is 19.3. The lowest BCUT2D eigenvalue weighted by atomic mass is 9.76. The van der Waals surface area contributed by atoms with Crippen molar-refractivity contribution in [1.29, 1.82) is 0 Å². The van der Waals surface area contributed by atoms with Crippen molar-refractivity contribution in [3.05, 3.63) is 18.2 Å². The minimum Gasteiger partial charge on any atom is -0.337 e. The number of carbonyl (C=O) groups is 1. The molecule has 1 aliphatic carbocycles. The molecule has 4 rings (SSSR count). The summed E-state index contributed by atoms with van der Waals surface area (Å²) >= 11 is 0. The molecule has 3 heterocycles. The molecule has 2 saturated heterocycles. The summed E-state index contributed by atoms with van der Waals surface area (Å²) in [6, 6.07) is 0. The monoisotopic (exact) mass is 338 g/mol. The van der Waals surface area contributed by atoms with Crippen molar-refractivity contribution in [3.8, 4) is 0 Å². The molecule has 0 radical (unpaired) electrons. The molecule has 1 spiro atoms. The smallest absolute Gasteiger partial charge is 0.282 e. The summed E-state index contributed by atoms with van der Waals surface area (Å²) in [5, 5.41) is 0. The summed E-state index contributed by atoms with van der Waals surface area (Å²) in [5.41, 5.74) is 1.15. The van der Waals surface area contributed by atoms with Crippen LogP contribution in [0.2, 0.25) is 0 Å². The van der Waals surface area contributed by atoms with Crippen LogP contribution in [0.3, 0.4) is 0 Å². The fourth-order valence-corrected chi connectivity index (χ4v) is 4.79. The van der Waals surface area contributed by atoms with Crippen LogP contribution in [-0.2, 0) is 18.4 Å². The molecule has 1 amide bonds. The van der Waals surface area contributed by atoms with Gasteiger partial charge in [-0.15, -0.1) is 0 Å². The van der Waals surface area contributed by atoms with Gasteiger partial charge in [-0.3, -0.25) is 9.69 Å². The number of imidazole rings is 1. The highest BCUT2D eigenvalue weighted by molar-refractivity contribution is 5.81. The van der Waals surface area contributed by atoms with Crippen molar-refractivity contribution in [2.75, 3.05) is 26.2 Å². The lowest BCUT2D eigenvalue weighted by Gasteiger charge is -2.42. The van der Waals surface area contributed by atoms with Gasteiger partial charge in [-0.05, 0) is 31.2 Å². The van der Waals surface area contributed by atoms with Gasteiger partial charge in [-0.25, -0.2) is 13.8 Å². The Kier molecular flexibility index (Phi) is 3.67. The number of alkyl halides is 2. The Morgan fingerprint density at radius 1 is 1.33 bits per heavy atom. The van der Waals surface area contributed by atoms with Gasteiger partial charge in [0.2, 0.25) is 5.91 Å². The van der Waals surface area contributed by atoms with E-state index in [0.717, 1.165) is 51.0 Å². The molecule has 7 heteroatoms. The second kappa shape index (κ2) is 5.51. The molecule has 1 aromatic heterocycles. The maximum Gasteiger partial charge on any atom is 0.282 e. The van der Waals surface area contributed by atoms with Crippen LogP contribution in [0, 0.1) is 11.3 Å². The number of amides is 1. The minimum atomic E-state index is -2.68. The first-order chi connectivity index (χ1) is 11.4. The largest absolute Gasteiger partial charge is 0.337 e. The van der Waals surface area contributed by atoms with Crippen molar-refractivity contribution >= 4 is 5.91 Å². The predicted molar refractivity (Wildman–Crippen MR) is 84.4 cm³/mol. The van der Waals surface area contributed by atoms with E-state index in [1.54, 1.807) is 6.33 Å². The van der Waals surface area contributed by atoms with Crippen LogP contribution in [0.4, 0.5) is 8.78 Å². The average molecular weight is 338 g/mol. The molecule has 0 bridgehead atoms. The van der Waals surface area contributed by atoms with E-state index in [4.69, 9.17) is 0 Å². The molecule has 0 N–H and O–H groups in total. The summed E-state index contributed by atoms with van der Waals surface area (Å²) in [4.78, 5) is 20.6. The predicted octanol–water partition coefficient (Wildman–Crippen LogP) is 1.89. The summed E-state index contributed by atoms with van der Waals surface area (Å²) < 4.78 is 28.2. The van der Waals surface area contributed by atoms with Gasteiger partial charge >= 0.3 is 0 Å². The first-order valence-electron chi connectivity index (χ1n) is 8.73. The number of hydrogen-bond acceptors (Lipinski definition) is 3. The highest BCUT2D eigenvalue weighted by Crippen LogP contribution is 2.51. The van der Waals surface area contributed by atoms with Gasteiger partial charge in [0.1, 0.15) is 0 Å². The molecular weight excluding hydrogens is 314 g/mol. The van der Waals surface area contributed by atoms with Crippen LogP contribution in [0.5, 0.6) is 0 Å². The van der Waals surface area contributed by atoms with E-state index >= 15 is 0 Å².